The van der Waals surface area contributed by atoms with Gasteiger partial charge in [0.1, 0.15) is 0 Å². The summed E-state index contributed by atoms with van der Waals surface area (Å²) in [6.45, 7) is 14.2. The first-order valence-electron chi connectivity index (χ1n) is 12.8. The standard InChI is InChI=1S/C28H46O2/c1-17(2)18(3)15-26(30)19(4)23-9-10-24-22-8-7-20-16-21(29)11-13-27(20,5)25(22)12-14-28(23,24)6/h7-8,17-19,21,23-26,29-30H,9-16H2,1-6H3/t18-,19-,21?,23+,24-,25-,26?,27-,28+/m0/s1. The molecule has 170 valence electrons. The second-order valence-corrected chi connectivity index (χ2v) is 12.4. The number of hydrogen-bond donors (Lipinski definition) is 2. The van der Waals surface area contributed by atoms with Crippen molar-refractivity contribution in [2.45, 2.75) is 105 Å². The second-order valence-electron chi connectivity index (χ2n) is 12.4. The van der Waals surface area contributed by atoms with Crippen molar-refractivity contribution in [3.05, 3.63) is 23.3 Å². The van der Waals surface area contributed by atoms with Crippen LogP contribution >= 0.6 is 0 Å². The van der Waals surface area contributed by atoms with Gasteiger partial charge in [0, 0.05) is 0 Å². The van der Waals surface area contributed by atoms with Gasteiger partial charge in [-0.1, -0.05) is 64.8 Å². The minimum atomic E-state index is -0.176. The predicted molar refractivity (Wildman–Crippen MR) is 125 cm³/mol. The molecule has 0 spiro atoms. The van der Waals surface area contributed by atoms with Gasteiger partial charge in [0.05, 0.1) is 12.2 Å². The molecule has 3 fully saturated rings. The Morgan fingerprint density at radius 3 is 2.40 bits per heavy atom. The maximum Gasteiger partial charge on any atom is 0.0578 e. The summed E-state index contributed by atoms with van der Waals surface area (Å²) in [5.41, 5.74) is 3.81. The monoisotopic (exact) mass is 414 g/mol. The van der Waals surface area contributed by atoms with Crippen LogP contribution in [0.15, 0.2) is 23.3 Å². The molecule has 4 aliphatic rings. The normalized spacial score (nSPS) is 43.8. The van der Waals surface area contributed by atoms with E-state index in [1.807, 2.05) is 0 Å². The van der Waals surface area contributed by atoms with E-state index in [-0.39, 0.29) is 17.6 Å². The Morgan fingerprint density at radius 2 is 1.70 bits per heavy atom. The second kappa shape index (κ2) is 8.07. The Bertz CT molecular complexity index is 705. The Labute approximate surface area is 185 Å². The molecule has 4 aliphatic carbocycles. The Kier molecular flexibility index (Phi) is 6.08. The molecule has 0 aromatic heterocycles. The molecule has 0 aliphatic heterocycles. The van der Waals surface area contributed by atoms with Crippen LogP contribution in [-0.4, -0.2) is 22.4 Å². The van der Waals surface area contributed by atoms with Crippen LogP contribution in [0.25, 0.3) is 0 Å². The van der Waals surface area contributed by atoms with Gasteiger partial charge in [-0.2, -0.15) is 0 Å². The zero-order valence-electron chi connectivity index (χ0n) is 20.3. The van der Waals surface area contributed by atoms with Gasteiger partial charge >= 0.3 is 0 Å². The molecule has 9 atom stereocenters. The smallest absolute Gasteiger partial charge is 0.0578 e. The van der Waals surface area contributed by atoms with E-state index < -0.39 is 0 Å². The molecule has 0 radical (unpaired) electrons. The lowest BCUT2D eigenvalue weighted by atomic mass is 9.50. The lowest BCUT2D eigenvalue weighted by Crippen LogP contribution is -2.47. The minimum Gasteiger partial charge on any atom is -0.393 e. The van der Waals surface area contributed by atoms with E-state index in [1.54, 1.807) is 5.57 Å². The summed E-state index contributed by atoms with van der Waals surface area (Å²) >= 11 is 0. The molecule has 4 rings (SSSR count). The van der Waals surface area contributed by atoms with Gasteiger partial charge < -0.3 is 10.2 Å². The molecule has 0 saturated heterocycles. The Morgan fingerprint density at radius 1 is 0.967 bits per heavy atom. The van der Waals surface area contributed by atoms with Crippen molar-refractivity contribution < 1.29 is 10.2 Å². The highest BCUT2D eigenvalue weighted by molar-refractivity contribution is 5.38. The first-order chi connectivity index (χ1) is 14.1. The van der Waals surface area contributed by atoms with Gasteiger partial charge in [-0.15, -0.1) is 0 Å². The molecule has 3 saturated carbocycles. The van der Waals surface area contributed by atoms with E-state index >= 15 is 0 Å². The molecular weight excluding hydrogens is 368 g/mol. The fourth-order valence-corrected chi connectivity index (χ4v) is 8.02. The molecule has 2 N–H and O–H groups in total. The number of allylic oxidation sites excluding steroid dienone is 3. The quantitative estimate of drug-likeness (QED) is 0.537. The van der Waals surface area contributed by atoms with Crippen LogP contribution in [0.4, 0.5) is 0 Å². The molecule has 0 heterocycles. The highest BCUT2D eigenvalue weighted by Gasteiger charge is 2.57. The van der Waals surface area contributed by atoms with E-state index in [4.69, 9.17) is 0 Å². The summed E-state index contributed by atoms with van der Waals surface area (Å²) in [6.07, 6.45) is 13.6. The fraction of sp³-hybridized carbons (Fsp3) is 0.857. The van der Waals surface area contributed by atoms with Crippen molar-refractivity contribution in [2.24, 2.45) is 46.3 Å². The Hall–Kier alpha value is -0.600. The number of fused-ring (bicyclic) bond motifs is 5. The molecule has 30 heavy (non-hydrogen) atoms. The van der Waals surface area contributed by atoms with Crippen molar-refractivity contribution in [3.8, 4) is 0 Å². The summed E-state index contributed by atoms with van der Waals surface area (Å²) in [6, 6.07) is 0. The van der Waals surface area contributed by atoms with Gasteiger partial charge in [0.15, 0.2) is 0 Å². The molecule has 2 heteroatoms. The SMILES string of the molecule is CC(C)[C@@H](C)CC(O)[C@@H](C)[C@H]1CC[C@H]2C3=CC=C4CC(O)CC[C@]4(C)[C@H]3CC[C@]12C. The zero-order valence-corrected chi connectivity index (χ0v) is 20.3. The third-order valence-corrected chi connectivity index (χ3v) is 10.6. The van der Waals surface area contributed by atoms with Gasteiger partial charge in [0.25, 0.3) is 0 Å². The summed E-state index contributed by atoms with van der Waals surface area (Å²) in [4.78, 5) is 0. The van der Waals surface area contributed by atoms with E-state index in [0.29, 0.717) is 40.9 Å². The van der Waals surface area contributed by atoms with E-state index in [2.05, 4.69) is 53.7 Å². The minimum absolute atomic E-state index is 0.139. The van der Waals surface area contributed by atoms with E-state index in [9.17, 15) is 10.2 Å². The molecule has 0 bridgehead atoms. The van der Waals surface area contributed by atoms with Crippen molar-refractivity contribution >= 4 is 0 Å². The largest absolute Gasteiger partial charge is 0.393 e. The molecule has 0 aromatic carbocycles. The Balaban J connectivity index is 1.55. The first kappa shape index (κ1) is 22.6. The highest BCUT2D eigenvalue weighted by atomic mass is 16.3. The third-order valence-electron chi connectivity index (χ3n) is 10.6. The molecule has 2 unspecified atom stereocenters. The van der Waals surface area contributed by atoms with Crippen molar-refractivity contribution in [2.75, 3.05) is 0 Å². The van der Waals surface area contributed by atoms with Crippen LogP contribution in [0.1, 0.15) is 92.9 Å². The summed E-state index contributed by atoms with van der Waals surface area (Å²) in [5, 5.41) is 21.3. The van der Waals surface area contributed by atoms with Gasteiger partial charge in [-0.05, 0) is 97.7 Å². The lowest BCUT2D eigenvalue weighted by molar-refractivity contribution is -0.00814. The predicted octanol–water partition coefficient (Wildman–Crippen LogP) is 6.53. The fourth-order valence-electron chi connectivity index (χ4n) is 8.02. The van der Waals surface area contributed by atoms with Crippen LogP contribution in [0.5, 0.6) is 0 Å². The average Bonchev–Trinajstić information content (AvgIpc) is 3.04. The van der Waals surface area contributed by atoms with Crippen molar-refractivity contribution in [1.29, 1.82) is 0 Å². The molecule has 0 aromatic rings. The molecule has 2 nitrogen and oxygen atoms in total. The summed E-state index contributed by atoms with van der Waals surface area (Å²) in [7, 11) is 0. The van der Waals surface area contributed by atoms with Crippen LogP contribution in [0.2, 0.25) is 0 Å². The number of aliphatic hydroxyl groups excluding tert-OH is 2. The van der Waals surface area contributed by atoms with Crippen molar-refractivity contribution in [3.63, 3.8) is 0 Å². The van der Waals surface area contributed by atoms with Crippen LogP contribution < -0.4 is 0 Å². The van der Waals surface area contributed by atoms with Crippen LogP contribution in [0.3, 0.4) is 0 Å². The van der Waals surface area contributed by atoms with Crippen molar-refractivity contribution in [1.82, 2.24) is 0 Å². The average molecular weight is 415 g/mol. The highest BCUT2D eigenvalue weighted by Crippen LogP contribution is 2.66. The molecular formula is C28H46O2. The zero-order chi connectivity index (χ0) is 21.8. The van der Waals surface area contributed by atoms with Crippen LogP contribution in [-0.2, 0) is 0 Å². The summed E-state index contributed by atoms with van der Waals surface area (Å²) < 4.78 is 0. The first-order valence-corrected chi connectivity index (χ1v) is 12.8. The van der Waals surface area contributed by atoms with Gasteiger partial charge in [-0.25, -0.2) is 0 Å². The van der Waals surface area contributed by atoms with Crippen LogP contribution in [0, 0.1) is 46.3 Å². The van der Waals surface area contributed by atoms with E-state index in [1.165, 1.54) is 31.3 Å². The number of hydrogen-bond acceptors (Lipinski definition) is 2. The van der Waals surface area contributed by atoms with Gasteiger partial charge in [-0.3, -0.25) is 0 Å². The summed E-state index contributed by atoms with van der Waals surface area (Å²) in [5.74, 6) is 3.58. The maximum atomic E-state index is 11.1. The topological polar surface area (TPSA) is 40.5 Å². The number of rotatable bonds is 5. The molecule has 0 amide bonds. The van der Waals surface area contributed by atoms with Gasteiger partial charge in [0.2, 0.25) is 0 Å². The lowest BCUT2D eigenvalue weighted by Gasteiger charge is -2.55. The number of aliphatic hydroxyl groups is 2. The maximum absolute atomic E-state index is 11.1. The van der Waals surface area contributed by atoms with E-state index in [0.717, 1.165) is 25.7 Å². The third kappa shape index (κ3) is 3.54.